The van der Waals surface area contributed by atoms with E-state index in [4.69, 9.17) is 9.72 Å². The van der Waals surface area contributed by atoms with Gasteiger partial charge in [-0.1, -0.05) is 19.3 Å². The second-order valence-corrected chi connectivity index (χ2v) is 6.32. The lowest BCUT2D eigenvalue weighted by molar-refractivity contribution is -0.125. The lowest BCUT2D eigenvalue weighted by Crippen LogP contribution is -2.40. The summed E-state index contributed by atoms with van der Waals surface area (Å²) in [4.78, 5) is 20.0. The first-order valence-corrected chi connectivity index (χ1v) is 8.12. The lowest BCUT2D eigenvalue weighted by atomic mass is 9.89. The maximum atomic E-state index is 11.6. The first-order valence-electron chi connectivity index (χ1n) is 8.12. The number of hydrogen-bond acceptors (Lipinski definition) is 3. The highest BCUT2D eigenvalue weighted by Gasteiger charge is 2.26. The molecule has 0 aromatic carbocycles. The van der Waals surface area contributed by atoms with Crippen LogP contribution in [0.1, 0.15) is 61.7 Å². The molecule has 2 aliphatic carbocycles. The Hall–Kier alpha value is -1.36. The molecule has 0 radical (unpaired) electrons. The van der Waals surface area contributed by atoms with E-state index in [1.807, 2.05) is 0 Å². The summed E-state index contributed by atoms with van der Waals surface area (Å²) >= 11 is 0. The highest BCUT2D eigenvalue weighted by molar-refractivity contribution is 5.77. The van der Waals surface area contributed by atoms with E-state index in [1.54, 1.807) is 7.11 Å². The van der Waals surface area contributed by atoms with Crippen LogP contribution in [0.15, 0.2) is 0 Å². The van der Waals surface area contributed by atoms with E-state index >= 15 is 0 Å². The number of aromatic amines is 1. The maximum Gasteiger partial charge on any atom is 0.246 e. The Morgan fingerprint density at radius 1 is 1.33 bits per heavy atom. The summed E-state index contributed by atoms with van der Waals surface area (Å²) in [5.74, 6) is 1.77. The van der Waals surface area contributed by atoms with E-state index in [0.29, 0.717) is 5.92 Å². The molecule has 21 heavy (non-hydrogen) atoms. The molecular weight excluding hydrogens is 266 g/mol. The third-order valence-corrected chi connectivity index (χ3v) is 4.70. The molecule has 0 spiro atoms. The molecule has 1 amide bonds. The number of fused-ring (bicyclic) bond motifs is 1. The Bertz CT molecular complexity index is 492. The summed E-state index contributed by atoms with van der Waals surface area (Å²) in [5, 5.41) is 3.04. The average molecular weight is 291 g/mol. The molecule has 1 atom stereocenters. The largest absolute Gasteiger partial charge is 0.375 e. The summed E-state index contributed by atoms with van der Waals surface area (Å²) < 4.78 is 4.87. The minimum atomic E-state index is -0.0297. The molecule has 0 aliphatic heterocycles. The van der Waals surface area contributed by atoms with Crippen LogP contribution in [-0.2, 0) is 22.4 Å². The Morgan fingerprint density at radius 2 is 2.14 bits per heavy atom. The highest BCUT2D eigenvalue weighted by Crippen LogP contribution is 2.32. The van der Waals surface area contributed by atoms with Crippen LogP contribution in [0.3, 0.4) is 0 Å². The third kappa shape index (κ3) is 3.46. The first kappa shape index (κ1) is 14.6. The normalized spacial score (nSPS) is 22.8. The second-order valence-electron chi connectivity index (χ2n) is 6.32. The Balaban J connectivity index is 1.63. The van der Waals surface area contributed by atoms with Crippen LogP contribution in [0.25, 0.3) is 0 Å². The topological polar surface area (TPSA) is 67.0 Å². The van der Waals surface area contributed by atoms with Gasteiger partial charge < -0.3 is 15.0 Å². The van der Waals surface area contributed by atoms with Crippen molar-refractivity contribution in [3.05, 3.63) is 17.2 Å². The molecule has 1 heterocycles. The zero-order valence-corrected chi connectivity index (χ0v) is 12.8. The summed E-state index contributed by atoms with van der Waals surface area (Å²) in [5.41, 5.74) is 2.44. The molecule has 0 saturated heterocycles. The number of ether oxygens (including phenoxy) is 1. The standard InChI is InChI=1S/C16H25N3O2/c1-21-10-15(20)17-12-7-8-13-14(9-12)19-16(18-13)11-5-3-2-4-6-11/h11-12H,2-10H2,1H3,(H,17,20)(H,18,19). The monoisotopic (exact) mass is 291 g/mol. The van der Waals surface area contributed by atoms with Gasteiger partial charge in [0.25, 0.3) is 0 Å². The van der Waals surface area contributed by atoms with Gasteiger partial charge in [0.2, 0.25) is 5.91 Å². The van der Waals surface area contributed by atoms with E-state index in [0.717, 1.165) is 19.3 Å². The fourth-order valence-electron chi connectivity index (χ4n) is 3.60. The fraction of sp³-hybridized carbons (Fsp3) is 0.750. The molecule has 1 aromatic heterocycles. The summed E-state index contributed by atoms with van der Waals surface area (Å²) in [6, 6.07) is 0.208. The van der Waals surface area contributed by atoms with Crippen molar-refractivity contribution in [2.75, 3.05) is 13.7 Å². The quantitative estimate of drug-likeness (QED) is 0.892. The lowest BCUT2D eigenvalue weighted by Gasteiger charge is -2.22. The molecule has 1 aromatic rings. The predicted octanol–water partition coefficient (Wildman–Crippen LogP) is 2.08. The smallest absolute Gasteiger partial charge is 0.246 e. The van der Waals surface area contributed by atoms with Crippen molar-refractivity contribution in [2.45, 2.75) is 63.3 Å². The van der Waals surface area contributed by atoms with Crippen molar-refractivity contribution in [1.82, 2.24) is 15.3 Å². The molecule has 5 nitrogen and oxygen atoms in total. The zero-order valence-electron chi connectivity index (χ0n) is 12.8. The van der Waals surface area contributed by atoms with Crippen molar-refractivity contribution in [3.63, 3.8) is 0 Å². The molecule has 5 heteroatoms. The molecule has 0 bridgehead atoms. The van der Waals surface area contributed by atoms with Gasteiger partial charge in [-0.15, -0.1) is 0 Å². The number of carbonyl (C=O) groups excluding carboxylic acids is 1. The van der Waals surface area contributed by atoms with Crippen LogP contribution in [0.4, 0.5) is 0 Å². The van der Waals surface area contributed by atoms with Crippen LogP contribution in [0.2, 0.25) is 0 Å². The third-order valence-electron chi connectivity index (χ3n) is 4.70. The van der Waals surface area contributed by atoms with E-state index in [1.165, 1.54) is 49.3 Å². The Kier molecular flexibility index (Phi) is 4.58. The number of aromatic nitrogens is 2. The van der Waals surface area contributed by atoms with Crippen molar-refractivity contribution >= 4 is 5.91 Å². The van der Waals surface area contributed by atoms with Gasteiger partial charge in [0.1, 0.15) is 12.4 Å². The van der Waals surface area contributed by atoms with Gasteiger partial charge in [-0.05, 0) is 25.7 Å². The van der Waals surface area contributed by atoms with Gasteiger partial charge in [0.15, 0.2) is 0 Å². The number of hydrogen-bond donors (Lipinski definition) is 2. The van der Waals surface area contributed by atoms with E-state index in [-0.39, 0.29) is 18.6 Å². The predicted molar refractivity (Wildman–Crippen MR) is 80.2 cm³/mol. The summed E-state index contributed by atoms with van der Waals surface area (Å²) in [6.07, 6.45) is 9.33. The molecule has 1 fully saturated rings. The van der Waals surface area contributed by atoms with Crippen molar-refractivity contribution in [1.29, 1.82) is 0 Å². The average Bonchev–Trinajstić information content (AvgIpc) is 2.91. The van der Waals surface area contributed by atoms with Crippen molar-refractivity contribution in [3.8, 4) is 0 Å². The molecule has 116 valence electrons. The van der Waals surface area contributed by atoms with E-state index in [9.17, 15) is 4.79 Å². The Morgan fingerprint density at radius 3 is 2.90 bits per heavy atom. The number of nitrogens with zero attached hydrogens (tertiary/aromatic N) is 1. The number of H-pyrrole nitrogens is 1. The number of rotatable bonds is 4. The number of nitrogens with one attached hydrogen (secondary N) is 2. The number of carbonyl (C=O) groups is 1. The molecule has 2 N–H and O–H groups in total. The number of methoxy groups -OCH3 is 1. The molecule has 3 rings (SSSR count). The fourth-order valence-corrected chi connectivity index (χ4v) is 3.60. The van der Waals surface area contributed by atoms with E-state index < -0.39 is 0 Å². The van der Waals surface area contributed by atoms with Gasteiger partial charge in [0.05, 0.1) is 5.69 Å². The van der Waals surface area contributed by atoms with Crippen LogP contribution < -0.4 is 5.32 Å². The van der Waals surface area contributed by atoms with Gasteiger partial charge in [-0.2, -0.15) is 0 Å². The van der Waals surface area contributed by atoms with E-state index in [2.05, 4.69) is 10.3 Å². The minimum Gasteiger partial charge on any atom is -0.375 e. The van der Waals surface area contributed by atoms with Crippen molar-refractivity contribution < 1.29 is 9.53 Å². The zero-order chi connectivity index (χ0) is 14.7. The molecule has 1 saturated carbocycles. The van der Waals surface area contributed by atoms with Crippen molar-refractivity contribution in [2.24, 2.45) is 0 Å². The van der Waals surface area contributed by atoms with Crippen LogP contribution >= 0.6 is 0 Å². The molecular formula is C16H25N3O2. The number of aryl methyl sites for hydroxylation is 1. The van der Waals surface area contributed by atoms with Gasteiger partial charge in [-0.3, -0.25) is 4.79 Å². The summed E-state index contributed by atoms with van der Waals surface area (Å²) in [7, 11) is 1.55. The molecule has 1 unspecified atom stereocenters. The summed E-state index contributed by atoms with van der Waals surface area (Å²) in [6.45, 7) is 0.139. The van der Waals surface area contributed by atoms with Gasteiger partial charge in [-0.25, -0.2) is 4.98 Å². The Labute approximate surface area is 125 Å². The minimum absolute atomic E-state index is 0.0297. The van der Waals surface area contributed by atoms with Crippen LogP contribution in [0, 0.1) is 0 Å². The second kappa shape index (κ2) is 6.60. The van der Waals surface area contributed by atoms with Crippen LogP contribution in [-0.4, -0.2) is 35.6 Å². The number of amides is 1. The van der Waals surface area contributed by atoms with Gasteiger partial charge >= 0.3 is 0 Å². The van der Waals surface area contributed by atoms with Crippen LogP contribution in [0.5, 0.6) is 0 Å². The highest BCUT2D eigenvalue weighted by atomic mass is 16.5. The molecule has 2 aliphatic rings. The van der Waals surface area contributed by atoms with Gasteiger partial charge in [0, 0.05) is 31.2 Å². The SMILES string of the molecule is COCC(=O)NC1CCc2nc(C3CCCCC3)[nH]c2C1. The first-order chi connectivity index (χ1) is 10.3. The maximum absolute atomic E-state index is 11.6. The number of imidazole rings is 1.